The molecule has 1 aromatic carbocycles. The molecule has 2 heterocycles. The van der Waals surface area contributed by atoms with Gasteiger partial charge < -0.3 is 14.8 Å². The molecule has 3 amide bonds. The SMILES string of the molecule is O=C1NC2(CCCC2)C(=O)N1Cc1cc([N+](=O)[O-])cc2c1OCOC2. The van der Waals surface area contributed by atoms with Gasteiger partial charge in [0.1, 0.15) is 11.3 Å². The van der Waals surface area contributed by atoms with Crippen LogP contribution in [0.5, 0.6) is 5.75 Å². The molecule has 3 aliphatic rings. The summed E-state index contributed by atoms with van der Waals surface area (Å²) in [5.74, 6) is 0.187. The van der Waals surface area contributed by atoms with Gasteiger partial charge in [-0.1, -0.05) is 12.8 Å². The standard InChI is InChI=1S/C16H17N3O6/c20-14-16(3-1-2-4-16)17-15(21)18(14)7-10-5-12(19(22)23)6-11-8-24-9-25-13(10)11/h5-6H,1-4,7-9H2,(H,17,21). The Labute approximate surface area is 143 Å². The van der Waals surface area contributed by atoms with Crippen LogP contribution in [0, 0.1) is 10.1 Å². The first kappa shape index (κ1) is 15.8. The van der Waals surface area contributed by atoms with Gasteiger partial charge in [0.2, 0.25) is 0 Å². The predicted octanol–water partition coefficient (Wildman–Crippen LogP) is 1.83. The Morgan fingerprint density at radius 3 is 2.76 bits per heavy atom. The molecule has 1 aromatic rings. The molecular formula is C16H17N3O6. The molecule has 1 spiro atoms. The van der Waals surface area contributed by atoms with Gasteiger partial charge in [-0.15, -0.1) is 0 Å². The summed E-state index contributed by atoms with van der Waals surface area (Å²) in [5, 5.41) is 14.0. The Bertz CT molecular complexity index is 771. The van der Waals surface area contributed by atoms with E-state index in [9.17, 15) is 19.7 Å². The van der Waals surface area contributed by atoms with Gasteiger partial charge in [0.15, 0.2) is 6.79 Å². The maximum atomic E-state index is 12.8. The molecule has 132 valence electrons. The first-order valence-corrected chi connectivity index (χ1v) is 8.15. The molecule has 9 nitrogen and oxygen atoms in total. The molecule has 2 fully saturated rings. The van der Waals surface area contributed by atoms with Crippen molar-refractivity contribution in [2.24, 2.45) is 0 Å². The maximum absolute atomic E-state index is 12.8. The van der Waals surface area contributed by atoms with Crippen LogP contribution in [0.25, 0.3) is 0 Å². The second-order valence-corrected chi connectivity index (χ2v) is 6.57. The highest BCUT2D eigenvalue weighted by Crippen LogP contribution is 2.38. The molecule has 1 saturated carbocycles. The van der Waals surface area contributed by atoms with E-state index >= 15 is 0 Å². The Hall–Kier alpha value is -2.68. The number of imide groups is 1. The molecule has 0 bridgehead atoms. The molecule has 0 unspecified atom stereocenters. The van der Waals surface area contributed by atoms with Crippen molar-refractivity contribution in [1.29, 1.82) is 0 Å². The molecule has 1 saturated heterocycles. The molecule has 0 aromatic heterocycles. The zero-order valence-electron chi connectivity index (χ0n) is 13.4. The maximum Gasteiger partial charge on any atom is 0.325 e. The van der Waals surface area contributed by atoms with Crippen LogP contribution in [0.1, 0.15) is 36.8 Å². The highest BCUT2D eigenvalue weighted by Gasteiger charge is 2.52. The van der Waals surface area contributed by atoms with E-state index in [2.05, 4.69) is 5.32 Å². The number of benzene rings is 1. The average Bonchev–Trinajstić information content (AvgIpc) is 3.15. The summed E-state index contributed by atoms with van der Waals surface area (Å²) in [6.07, 6.45) is 3.05. The zero-order valence-corrected chi connectivity index (χ0v) is 13.4. The molecule has 0 atom stereocenters. The molecule has 1 N–H and O–H groups in total. The number of non-ortho nitro benzene ring substituents is 1. The number of carbonyl (C=O) groups is 2. The van der Waals surface area contributed by atoms with E-state index in [1.165, 1.54) is 12.1 Å². The first-order chi connectivity index (χ1) is 12.0. The third-order valence-electron chi connectivity index (χ3n) is 5.01. The fraction of sp³-hybridized carbons (Fsp3) is 0.500. The van der Waals surface area contributed by atoms with Crippen LogP contribution < -0.4 is 10.1 Å². The van der Waals surface area contributed by atoms with Crippen LogP contribution in [0.3, 0.4) is 0 Å². The van der Waals surface area contributed by atoms with Gasteiger partial charge in [-0.25, -0.2) is 4.79 Å². The van der Waals surface area contributed by atoms with Crippen LogP contribution >= 0.6 is 0 Å². The van der Waals surface area contributed by atoms with Crippen molar-refractivity contribution in [3.63, 3.8) is 0 Å². The van der Waals surface area contributed by atoms with Gasteiger partial charge >= 0.3 is 6.03 Å². The molecule has 1 aliphatic carbocycles. The minimum Gasteiger partial charge on any atom is -0.467 e. The number of hydrogen-bond donors (Lipinski definition) is 1. The van der Waals surface area contributed by atoms with Gasteiger partial charge in [0.05, 0.1) is 18.1 Å². The number of nitro benzene ring substituents is 1. The second kappa shape index (κ2) is 5.69. The minimum atomic E-state index is -0.804. The Kier molecular flexibility index (Phi) is 3.60. The van der Waals surface area contributed by atoms with E-state index in [1.54, 1.807) is 0 Å². The Balaban J connectivity index is 1.68. The van der Waals surface area contributed by atoms with Gasteiger partial charge in [-0.05, 0) is 12.8 Å². The fourth-order valence-electron chi connectivity index (χ4n) is 3.81. The normalized spacial score (nSPS) is 21.2. The summed E-state index contributed by atoms with van der Waals surface area (Å²) in [7, 11) is 0. The molecule has 25 heavy (non-hydrogen) atoms. The minimum absolute atomic E-state index is 0.0297. The number of rotatable bonds is 3. The van der Waals surface area contributed by atoms with E-state index in [0.29, 0.717) is 29.7 Å². The van der Waals surface area contributed by atoms with Crippen molar-refractivity contribution in [3.8, 4) is 5.75 Å². The van der Waals surface area contributed by atoms with Crippen molar-refractivity contribution in [2.75, 3.05) is 6.79 Å². The molecule has 9 heteroatoms. The van der Waals surface area contributed by atoms with Crippen molar-refractivity contribution >= 4 is 17.6 Å². The predicted molar refractivity (Wildman–Crippen MR) is 83.7 cm³/mol. The molecular weight excluding hydrogens is 330 g/mol. The number of carbonyl (C=O) groups excluding carboxylic acids is 2. The third-order valence-corrected chi connectivity index (χ3v) is 5.01. The van der Waals surface area contributed by atoms with Gasteiger partial charge in [0, 0.05) is 23.3 Å². The lowest BCUT2D eigenvalue weighted by Gasteiger charge is -2.23. The number of nitro groups is 1. The van der Waals surface area contributed by atoms with E-state index in [-0.39, 0.29) is 31.5 Å². The van der Waals surface area contributed by atoms with Gasteiger partial charge in [-0.2, -0.15) is 0 Å². The lowest BCUT2D eigenvalue weighted by molar-refractivity contribution is -0.385. The molecule has 4 rings (SSSR count). The van der Waals surface area contributed by atoms with Crippen LogP contribution in [-0.4, -0.2) is 34.1 Å². The number of nitrogens with one attached hydrogen (secondary N) is 1. The monoisotopic (exact) mass is 347 g/mol. The van der Waals surface area contributed by atoms with Gasteiger partial charge in [-0.3, -0.25) is 19.8 Å². The van der Waals surface area contributed by atoms with Crippen LogP contribution in [0.15, 0.2) is 12.1 Å². The van der Waals surface area contributed by atoms with Crippen molar-refractivity contribution < 1.29 is 24.0 Å². The Morgan fingerprint density at radius 1 is 1.28 bits per heavy atom. The first-order valence-electron chi connectivity index (χ1n) is 8.15. The number of urea groups is 1. The van der Waals surface area contributed by atoms with E-state index in [0.717, 1.165) is 17.7 Å². The van der Waals surface area contributed by atoms with E-state index in [4.69, 9.17) is 9.47 Å². The number of ether oxygens (including phenoxy) is 2. The molecule has 0 radical (unpaired) electrons. The lowest BCUT2D eigenvalue weighted by atomic mass is 9.98. The number of fused-ring (bicyclic) bond motifs is 1. The van der Waals surface area contributed by atoms with Crippen LogP contribution in [0.2, 0.25) is 0 Å². The Morgan fingerprint density at radius 2 is 2.04 bits per heavy atom. The highest BCUT2D eigenvalue weighted by molar-refractivity contribution is 6.07. The topological polar surface area (TPSA) is 111 Å². The van der Waals surface area contributed by atoms with Crippen LogP contribution in [-0.2, 0) is 22.7 Å². The number of hydrogen-bond acceptors (Lipinski definition) is 6. The highest BCUT2D eigenvalue weighted by atomic mass is 16.7. The van der Waals surface area contributed by atoms with E-state index < -0.39 is 16.5 Å². The van der Waals surface area contributed by atoms with E-state index in [1.807, 2.05) is 0 Å². The smallest absolute Gasteiger partial charge is 0.325 e. The quantitative estimate of drug-likeness (QED) is 0.507. The van der Waals surface area contributed by atoms with Crippen molar-refractivity contribution in [2.45, 2.75) is 44.4 Å². The average molecular weight is 347 g/mol. The lowest BCUT2D eigenvalue weighted by Crippen LogP contribution is -2.44. The fourth-order valence-corrected chi connectivity index (χ4v) is 3.81. The zero-order chi connectivity index (χ0) is 17.6. The summed E-state index contributed by atoms with van der Waals surface area (Å²) >= 11 is 0. The van der Waals surface area contributed by atoms with Crippen molar-refractivity contribution in [3.05, 3.63) is 33.4 Å². The second-order valence-electron chi connectivity index (χ2n) is 6.57. The molecule has 2 aliphatic heterocycles. The van der Waals surface area contributed by atoms with Crippen LogP contribution in [0.4, 0.5) is 10.5 Å². The summed E-state index contributed by atoms with van der Waals surface area (Å²) in [4.78, 5) is 36.9. The number of amides is 3. The largest absolute Gasteiger partial charge is 0.467 e. The summed E-state index contributed by atoms with van der Waals surface area (Å²) < 4.78 is 10.6. The van der Waals surface area contributed by atoms with Crippen molar-refractivity contribution in [1.82, 2.24) is 10.2 Å². The van der Waals surface area contributed by atoms with Gasteiger partial charge in [0.25, 0.3) is 11.6 Å². The third kappa shape index (κ3) is 2.51. The number of nitrogens with zero attached hydrogens (tertiary/aromatic N) is 2. The summed E-state index contributed by atoms with van der Waals surface area (Å²) in [6.45, 7) is 0.159. The summed E-state index contributed by atoms with van der Waals surface area (Å²) in [5.41, 5.74) is 0.0524. The summed E-state index contributed by atoms with van der Waals surface area (Å²) in [6, 6.07) is 2.28.